The van der Waals surface area contributed by atoms with Crippen molar-refractivity contribution in [1.29, 1.82) is 0 Å². The Balaban J connectivity index is 1.59. The summed E-state index contributed by atoms with van der Waals surface area (Å²) in [6.45, 7) is 0.463. The number of para-hydroxylation sites is 1. The van der Waals surface area contributed by atoms with Crippen molar-refractivity contribution in [3.8, 4) is 16.9 Å². The van der Waals surface area contributed by atoms with Crippen molar-refractivity contribution in [3.05, 3.63) is 101 Å². The molecule has 0 bridgehead atoms. The van der Waals surface area contributed by atoms with Crippen LogP contribution in [0, 0.1) is 0 Å². The number of amides is 1. The van der Waals surface area contributed by atoms with E-state index < -0.39 is 0 Å². The first kappa shape index (κ1) is 18.9. The van der Waals surface area contributed by atoms with Gasteiger partial charge in [-0.2, -0.15) is 5.10 Å². The van der Waals surface area contributed by atoms with Crippen molar-refractivity contribution in [2.24, 2.45) is 0 Å². The first-order valence-electron chi connectivity index (χ1n) is 9.24. The lowest BCUT2D eigenvalue weighted by Gasteiger charge is -2.06. The maximum atomic E-state index is 12.6. The topological polar surface area (TPSA) is 59.8 Å². The van der Waals surface area contributed by atoms with E-state index in [1.54, 1.807) is 17.1 Å². The van der Waals surface area contributed by atoms with Crippen molar-refractivity contribution < 1.29 is 4.79 Å². The van der Waals surface area contributed by atoms with Gasteiger partial charge in [-0.05, 0) is 42.0 Å². The molecule has 0 atom stereocenters. The third-order valence-electron chi connectivity index (χ3n) is 4.52. The molecule has 0 radical (unpaired) electrons. The average molecular weight is 403 g/mol. The van der Waals surface area contributed by atoms with Gasteiger partial charge in [0.05, 0.1) is 17.8 Å². The average Bonchev–Trinajstić information content (AvgIpc) is 3.18. The van der Waals surface area contributed by atoms with E-state index in [0.29, 0.717) is 11.6 Å². The third-order valence-corrected chi connectivity index (χ3v) is 4.77. The van der Waals surface area contributed by atoms with E-state index in [-0.39, 0.29) is 12.3 Å². The Bertz CT molecular complexity index is 1090. The molecule has 2 aromatic heterocycles. The van der Waals surface area contributed by atoms with Crippen LogP contribution >= 0.6 is 11.6 Å². The number of carbonyl (C=O) groups is 1. The Kier molecular flexibility index (Phi) is 5.68. The number of carbonyl (C=O) groups excluding carboxylic acids is 1. The maximum Gasteiger partial charge on any atom is 0.224 e. The molecule has 5 nitrogen and oxygen atoms in total. The van der Waals surface area contributed by atoms with Gasteiger partial charge in [-0.25, -0.2) is 4.68 Å². The standard InChI is InChI=1S/C23H19ClN4O/c24-20-8-6-18(7-9-20)23-19(16-28(27-23)21-4-2-1-3-5-21)14-22(29)26-15-17-10-12-25-13-11-17/h1-13,16H,14-15H2,(H,26,29). The Morgan fingerprint density at radius 1 is 0.966 bits per heavy atom. The monoisotopic (exact) mass is 402 g/mol. The number of hydrogen-bond donors (Lipinski definition) is 1. The molecule has 0 saturated carbocycles. The molecule has 6 heteroatoms. The predicted molar refractivity (Wildman–Crippen MR) is 114 cm³/mol. The van der Waals surface area contributed by atoms with Gasteiger partial charge < -0.3 is 5.32 Å². The number of pyridine rings is 1. The molecule has 0 spiro atoms. The summed E-state index contributed by atoms with van der Waals surface area (Å²) in [6, 6.07) is 21.1. The fraction of sp³-hybridized carbons (Fsp3) is 0.0870. The Labute approximate surface area is 174 Å². The van der Waals surface area contributed by atoms with E-state index >= 15 is 0 Å². The molecular weight excluding hydrogens is 384 g/mol. The second kappa shape index (κ2) is 8.71. The minimum atomic E-state index is -0.0652. The summed E-state index contributed by atoms with van der Waals surface area (Å²) in [6.07, 6.45) is 5.56. The van der Waals surface area contributed by atoms with E-state index in [0.717, 1.165) is 28.1 Å². The molecule has 1 N–H and O–H groups in total. The molecule has 0 aliphatic rings. The van der Waals surface area contributed by atoms with E-state index in [4.69, 9.17) is 16.7 Å². The van der Waals surface area contributed by atoms with Gasteiger partial charge in [-0.15, -0.1) is 0 Å². The smallest absolute Gasteiger partial charge is 0.224 e. The van der Waals surface area contributed by atoms with Crippen LogP contribution in [0.3, 0.4) is 0 Å². The van der Waals surface area contributed by atoms with Crippen molar-refractivity contribution in [3.63, 3.8) is 0 Å². The molecule has 0 unspecified atom stereocenters. The molecular formula is C23H19ClN4O. The normalized spacial score (nSPS) is 10.7. The van der Waals surface area contributed by atoms with Gasteiger partial charge in [0.15, 0.2) is 0 Å². The molecule has 4 rings (SSSR count). The Hall–Kier alpha value is -3.44. The van der Waals surface area contributed by atoms with Crippen LogP contribution in [0.4, 0.5) is 0 Å². The van der Waals surface area contributed by atoms with Gasteiger partial charge in [-0.3, -0.25) is 9.78 Å². The maximum absolute atomic E-state index is 12.6. The van der Waals surface area contributed by atoms with Gasteiger partial charge in [0.1, 0.15) is 0 Å². The summed E-state index contributed by atoms with van der Waals surface area (Å²) in [4.78, 5) is 16.6. The fourth-order valence-electron chi connectivity index (χ4n) is 3.04. The lowest BCUT2D eigenvalue weighted by molar-refractivity contribution is -0.120. The van der Waals surface area contributed by atoms with Crippen LogP contribution in [-0.4, -0.2) is 20.7 Å². The highest BCUT2D eigenvalue weighted by Crippen LogP contribution is 2.25. The van der Waals surface area contributed by atoms with Crippen molar-refractivity contribution in [2.45, 2.75) is 13.0 Å². The first-order valence-corrected chi connectivity index (χ1v) is 9.62. The van der Waals surface area contributed by atoms with Gasteiger partial charge >= 0.3 is 0 Å². The second-order valence-corrected chi connectivity index (χ2v) is 7.04. The third kappa shape index (κ3) is 4.70. The highest BCUT2D eigenvalue weighted by molar-refractivity contribution is 6.30. The molecule has 0 saturated heterocycles. The van der Waals surface area contributed by atoms with E-state index in [1.807, 2.05) is 72.9 Å². The van der Waals surface area contributed by atoms with Crippen LogP contribution in [0.2, 0.25) is 5.02 Å². The second-order valence-electron chi connectivity index (χ2n) is 6.60. The molecule has 2 aromatic carbocycles. The van der Waals surface area contributed by atoms with E-state index in [1.165, 1.54) is 0 Å². The number of aromatic nitrogens is 3. The summed E-state index contributed by atoms with van der Waals surface area (Å²) in [7, 11) is 0. The van der Waals surface area contributed by atoms with Crippen molar-refractivity contribution in [1.82, 2.24) is 20.1 Å². The minimum absolute atomic E-state index is 0.0652. The SMILES string of the molecule is O=C(Cc1cn(-c2ccccc2)nc1-c1ccc(Cl)cc1)NCc1ccncc1. The van der Waals surface area contributed by atoms with Crippen LogP contribution in [0.15, 0.2) is 85.3 Å². The molecule has 29 heavy (non-hydrogen) atoms. The molecule has 0 aliphatic heterocycles. The summed E-state index contributed by atoms with van der Waals surface area (Å²) >= 11 is 6.03. The Morgan fingerprint density at radius 3 is 2.41 bits per heavy atom. The number of nitrogens with one attached hydrogen (secondary N) is 1. The first-order chi connectivity index (χ1) is 14.2. The summed E-state index contributed by atoms with van der Waals surface area (Å²) in [5, 5.41) is 8.36. The molecule has 1 amide bonds. The number of benzene rings is 2. The van der Waals surface area contributed by atoms with Gasteiger partial charge in [-0.1, -0.05) is 41.9 Å². The number of nitrogens with zero attached hydrogens (tertiary/aromatic N) is 3. The molecule has 0 aliphatic carbocycles. The lowest BCUT2D eigenvalue weighted by atomic mass is 10.1. The van der Waals surface area contributed by atoms with Crippen LogP contribution in [0.25, 0.3) is 16.9 Å². The zero-order valence-electron chi connectivity index (χ0n) is 15.6. The summed E-state index contributed by atoms with van der Waals surface area (Å²) in [5.41, 5.74) is 4.48. The van der Waals surface area contributed by atoms with Crippen LogP contribution in [-0.2, 0) is 17.8 Å². The van der Waals surface area contributed by atoms with Crippen LogP contribution < -0.4 is 5.32 Å². The van der Waals surface area contributed by atoms with Crippen LogP contribution in [0.1, 0.15) is 11.1 Å². The fourth-order valence-corrected chi connectivity index (χ4v) is 3.17. The zero-order valence-corrected chi connectivity index (χ0v) is 16.4. The summed E-state index contributed by atoms with van der Waals surface area (Å²) in [5.74, 6) is -0.0652. The van der Waals surface area contributed by atoms with Gasteiger partial charge in [0, 0.05) is 41.3 Å². The molecule has 144 valence electrons. The van der Waals surface area contributed by atoms with Crippen molar-refractivity contribution >= 4 is 17.5 Å². The summed E-state index contributed by atoms with van der Waals surface area (Å²) < 4.78 is 1.80. The predicted octanol–water partition coefficient (Wildman–Crippen LogP) is 4.45. The van der Waals surface area contributed by atoms with E-state index in [9.17, 15) is 4.79 Å². The van der Waals surface area contributed by atoms with Crippen molar-refractivity contribution in [2.75, 3.05) is 0 Å². The van der Waals surface area contributed by atoms with Crippen LogP contribution in [0.5, 0.6) is 0 Å². The number of hydrogen-bond acceptors (Lipinski definition) is 3. The highest BCUT2D eigenvalue weighted by atomic mass is 35.5. The van der Waals surface area contributed by atoms with Gasteiger partial charge in [0.25, 0.3) is 0 Å². The van der Waals surface area contributed by atoms with E-state index in [2.05, 4.69) is 10.3 Å². The molecule has 4 aromatic rings. The lowest BCUT2D eigenvalue weighted by Crippen LogP contribution is -2.24. The van der Waals surface area contributed by atoms with Gasteiger partial charge in [0.2, 0.25) is 5.91 Å². The number of rotatable bonds is 6. The number of halogens is 1. The quantitative estimate of drug-likeness (QED) is 0.518. The zero-order chi connectivity index (χ0) is 20.1. The molecule has 0 fully saturated rings. The largest absolute Gasteiger partial charge is 0.352 e. The minimum Gasteiger partial charge on any atom is -0.352 e. The molecule has 2 heterocycles. The highest BCUT2D eigenvalue weighted by Gasteiger charge is 2.15. The Morgan fingerprint density at radius 2 is 1.69 bits per heavy atom.